The van der Waals surface area contributed by atoms with E-state index in [1.807, 2.05) is 55.4 Å². The molecule has 0 bridgehead atoms. The summed E-state index contributed by atoms with van der Waals surface area (Å²) in [5.41, 5.74) is 3.42. The largest absolute Gasteiger partial charge is 0.396 e. The van der Waals surface area contributed by atoms with E-state index in [1.165, 1.54) is 0 Å². The predicted octanol–water partition coefficient (Wildman–Crippen LogP) is 2.13. The third-order valence-electron chi connectivity index (χ3n) is 5.22. The van der Waals surface area contributed by atoms with Crippen LogP contribution in [0.15, 0.2) is 41.2 Å². The summed E-state index contributed by atoms with van der Waals surface area (Å²) in [6.45, 7) is 6.46. The van der Waals surface area contributed by atoms with E-state index in [0.717, 1.165) is 22.4 Å². The van der Waals surface area contributed by atoms with E-state index in [-0.39, 0.29) is 24.8 Å². The Kier molecular flexibility index (Phi) is 6.73. The van der Waals surface area contributed by atoms with E-state index in [0.29, 0.717) is 25.9 Å². The fourth-order valence-electron chi connectivity index (χ4n) is 3.98. The SMILES string of the molecule is CC(C)(C)S(=O)N1Cc2cc(=O)n(Cc3ccccc3)c(CCO)c2[C@H]1CCO. The van der Waals surface area contributed by atoms with Gasteiger partial charge < -0.3 is 14.8 Å². The van der Waals surface area contributed by atoms with Crippen molar-refractivity contribution in [3.63, 3.8) is 0 Å². The molecule has 6 nitrogen and oxygen atoms in total. The summed E-state index contributed by atoms with van der Waals surface area (Å²) in [6, 6.07) is 11.1. The summed E-state index contributed by atoms with van der Waals surface area (Å²) < 4.78 is 16.3. The Morgan fingerprint density at radius 3 is 2.41 bits per heavy atom. The summed E-state index contributed by atoms with van der Waals surface area (Å²) in [7, 11) is -1.29. The highest BCUT2D eigenvalue weighted by molar-refractivity contribution is 7.84. The molecule has 3 rings (SSSR count). The van der Waals surface area contributed by atoms with E-state index in [2.05, 4.69) is 0 Å². The van der Waals surface area contributed by atoms with Gasteiger partial charge in [0.15, 0.2) is 0 Å². The summed E-state index contributed by atoms with van der Waals surface area (Å²) in [4.78, 5) is 13.0. The van der Waals surface area contributed by atoms with Crippen molar-refractivity contribution >= 4 is 11.0 Å². The number of hydrogen-bond acceptors (Lipinski definition) is 4. The number of pyridine rings is 1. The van der Waals surface area contributed by atoms with Gasteiger partial charge >= 0.3 is 0 Å². The van der Waals surface area contributed by atoms with Crippen LogP contribution in [0, 0.1) is 0 Å². The van der Waals surface area contributed by atoms with Gasteiger partial charge in [-0.2, -0.15) is 0 Å². The maximum Gasteiger partial charge on any atom is 0.251 e. The maximum absolute atomic E-state index is 13.2. The minimum absolute atomic E-state index is 0.0433. The van der Waals surface area contributed by atoms with Gasteiger partial charge in [0.05, 0.1) is 17.3 Å². The first-order valence-corrected chi connectivity index (χ1v) is 11.1. The van der Waals surface area contributed by atoms with E-state index in [4.69, 9.17) is 0 Å². The summed E-state index contributed by atoms with van der Waals surface area (Å²) in [5, 5.41) is 19.4. The van der Waals surface area contributed by atoms with E-state index >= 15 is 0 Å². The van der Waals surface area contributed by atoms with Crippen LogP contribution in [0.5, 0.6) is 0 Å². The molecule has 0 amide bonds. The van der Waals surface area contributed by atoms with Gasteiger partial charge in [0, 0.05) is 37.9 Å². The topological polar surface area (TPSA) is 82.8 Å². The van der Waals surface area contributed by atoms with Crippen molar-refractivity contribution in [2.75, 3.05) is 13.2 Å². The molecule has 2 aromatic rings. The Balaban J connectivity index is 2.13. The molecule has 7 heteroatoms. The van der Waals surface area contributed by atoms with Crippen LogP contribution in [0.3, 0.4) is 0 Å². The molecule has 0 spiro atoms. The molecule has 2 heterocycles. The minimum atomic E-state index is -1.29. The lowest BCUT2D eigenvalue weighted by molar-refractivity contribution is 0.237. The second kappa shape index (κ2) is 8.92. The molecule has 29 heavy (non-hydrogen) atoms. The van der Waals surface area contributed by atoms with Crippen LogP contribution in [-0.2, 0) is 30.5 Å². The Hall–Kier alpha value is -1.80. The molecule has 2 N–H and O–H groups in total. The Labute approximate surface area is 174 Å². The number of aliphatic hydroxyl groups is 2. The van der Waals surface area contributed by atoms with Crippen molar-refractivity contribution in [1.29, 1.82) is 0 Å². The predicted molar refractivity (Wildman–Crippen MR) is 115 cm³/mol. The average Bonchev–Trinajstić information content (AvgIpc) is 3.02. The lowest BCUT2D eigenvalue weighted by atomic mass is 9.98. The zero-order valence-electron chi connectivity index (χ0n) is 17.3. The van der Waals surface area contributed by atoms with Gasteiger partial charge in [-0.15, -0.1) is 0 Å². The van der Waals surface area contributed by atoms with Crippen LogP contribution < -0.4 is 5.56 Å². The Morgan fingerprint density at radius 2 is 1.83 bits per heavy atom. The first kappa shape index (κ1) is 21.9. The lowest BCUT2D eigenvalue weighted by Crippen LogP contribution is -2.37. The molecule has 2 atom stereocenters. The zero-order chi connectivity index (χ0) is 21.2. The van der Waals surface area contributed by atoms with Crippen LogP contribution in [0.2, 0.25) is 0 Å². The first-order valence-electron chi connectivity index (χ1n) is 9.97. The molecule has 158 valence electrons. The Morgan fingerprint density at radius 1 is 1.14 bits per heavy atom. The monoisotopic (exact) mass is 418 g/mol. The standard InChI is InChI=1S/C22H30N2O4S/c1-22(2,3)29(28)24-15-17-13-20(27)23(14-16-7-5-4-6-8-16)18(9-11-25)21(17)19(24)10-12-26/h4-8,13,19,25-26H,9-12,14-15H2,1-3H3/t19-,29?/m1/s1. The fraction of sp³-hybridized carbons (Fsp3) is 0.500. The molecule has 0 fully saturated rings. The van der Waals surface area contributed by atoms with Gasteiger partial charge in [0.25, 0.3) is 5.56 Å². The molecule has 0 saturated carbocycles. The second-order valence-corrected chi connectivity index (χ2v) is 10.6. The van der Waals surface area contributed by atoms with Crippen molar-refractivity contribution in [3.05, 3.63) is 69.1 Å². The summed E-state index contributed by atoms with van der Waals surface area (Å²) in [6.07, 6.45) is 0.764. The third kappa shape index (κ3) is 4.53. The van der Waals surface area contributed by atoms with Crippen molar-refractivity contribution in [1.82, 2.24) is 8.87 Å². The molecule has 0 aliphatic carbocycles. The first-order chi connectivity index (χ1) is 13.8. The molecule has 1 aromatic heterocycles. The molecule has 1 aromatic carbocycles. The number of rotatable bonds is 7. The van der Waals surface area contributed by atoms with Gasteiger partial charge in [0.2, 0.25) is 0 Å². The smallest absolute Gasteiger partial charge is 0.251 e. The average molecular weight is 419 g/mol. The van der Waals surface area contributed by atoms with Crippen molar-refractivity contribution in [3.8, 4) is 0 Å². The van der Waals surface area contributed by atoms with Crippen LogP contribution in [0.1, 0.15) is 55.6 Å². The molecular formula is C22H30N2O4S. The number of aliphatic hydroxyl groups excluding tert-OH is 2. The fourth-order valence-corrected chi connectivity index (χ4v) is 5.38. The number of nitrogens with zero attached hydrogens (tertiary/aromatic N) is 2. The van der Waals surface area contributed by atoms with Crippen LogP contribution >= 0.6 is 0 Å². The second-order valence-electron chi connectivity index (χ2n) is 8.38. The number of hydrogen-bond donors (Lipinski definition) is 2. The van der Waals surface area contributed by atoms with Crippen molar-refractivity contribution in [2.24, 2.45) is 0 Å². The normalized spacial score (nSPS) is 18.0. The maximum atomic E-state index is 13.2. The van der Waals surface area contributed by atoms with E-state index in [9.17, 15) is 19.2 Å². The lowest BCUT2D eigenvalue weighted by Gasteiger charge is -2.30. The van der Waals surface area contributed by atoms with E-state index in [1.54, 1.807) is 10.6 Å². The van der Waals surface area contributed by atoms with Crippen molar-refractivity contribution in [2.45, 2.75) is 57.5 Å². The highest BCUT2D eigenvalue weighted by Crippen LogP contribution is 2.40. The molecule has 1 unspecified atom stereocenters. The highest BCUT2D eigenvalue weighted by atomic mass is 32.2. The molecule has 1 aliphatic heterocycles. The van der Waals surface area contributed by atoms with E-state index < -0.39 is 15.7 Å². The van der Waals surface area contributed by atoms with Crippen LogP contribution in [-0.4, -0.2) is 41.3 Å². The highest BCUT2D eigenvalue weighted by Gasteiger charge is 2.40. The summed E-state index contributed by atoms with van der Waals surface area (Å²) in [5.74, 6) is 0. The van der Waals surface area contributed by atoms with Gasteiger partial charge in [-0.25, -0.2) is 8.51 Å². The van der Waals surface area contributed by atoms with Gasteiger partial charge in [-0.3, -0.25) is 4.79 Å². The zero-order valence-corrected chi connectivity index (χ0v) is 18.1. The molecular weight excluding hydrogens is 388 g/mol. The van der Waals surface area contributed by atoms with Gasteiger partial charge in [-0.05, 0) is 43.9 Å². The quantitative estimate of drug-likeness (QED) is 0.722. The van der Waals surface area contributed by atoms with Crippen molar-refractivity contribution < 1.29 is 14.4 Å². The third-order valence-corrected chi connectivity index (χ3v) is 7.08. The van der Waals surface area contributed by atoms with Crippen LogP contribution in [0.4, 0.5) is 0 Å². The minimum Gasteiger partial charge on any atom is -0.396 e. The van der Waals surface area contributed by atoms with Gasteiger partial charge in [-0.1, -0.05) is 30.3 Å². The number of benzene rings is 1. The Bertz CT molecular complexity index is 934. The number of aromatic nitrogens is 1. The molecule has 0 saturated heterocycles. The van der Waals surface area contributed by atoms with Crippen LogP contribution in [0.25, 0.3) is 0 Å². The van der Waals surface area contributed by atoms with Gasteiger partial charge in [0.1, 0.15) is 11.0 Å². The molecule has 0 radical (unpaired) electrons. The number of fused-ring (bicyclic) bond motifs is 1. The summed E-state index contributed by atoms with van der Waals surface area (Å²) >= 11 is 0. The molecule has 1 aliphatic rings.